The number of rotatable bonds is 3. The highest BCUT2D eigenvalue weighted by Gasteiger charge is 2.32. The van der Waals surface area contributed by atoms with Gasteiger partial charge in [-0.3, -0.25) is 0 Å². The topological polar surface area (TPSA) is 38.1 Å². The lowest BCUT2D eigenvalue weighted by Crippen LogP contribution is -2.11. The van der Waals surface area contributed by atoms with Crippen molar-refractivity contribution in [2.45, 2.75) is 19.6 Å². The summed E-state index contributed by atoms with van der Waals surface area (Å²) < 4.78 is 43.0. The summed E-state index contributed by atoms with van der Waals surface area (Å²) in [7, 11) is 0. The van der Waals surface area contributed by atoms with E-state index in [1.165, 1.54) is 12.1 Å². The number of anilines is 1. The molecule has 1 aromatic carbocycles. The predicted octanol–water partition coefficient (Wildman–Crippen LogP) is 3.61. The van der Waals surface area contributed by atoms with Gasteiger partial charge in [-0.25, -0.2) is 0 Å². The van der Waals surface area contributed by atoms with E-state index in [0.717, 1.165) is 6.07 Å². The monoisotopic (exact) mass is 256 g/mol. The number of nitrogens with zero attached hydrogens (tertiary/aromatic N) is 1. The van der Waals surface area contributed by atoms with Gasteiger partial charge in [-0.2, -0.15) is 13.2 Å². The molecule has 0 bridgehead atoms. The quantitative estimate of drug-likeness (QED) is 0.911. The molecule has 3 nitrogen and oxygen atoms in total. The summed E-state index contributed by atoms with van der Waals surface area (Å²) in [6, 6.07) is 7.05. The largest absolute Gasteiger partial charge is 0.416 e. The van der Waals surface area contributed by atoms with Gasteiger partial charge in [0.05, 0.1) is 5.56 Å². The van der Waals surface area contributed by atoms with Crippen LogP contribution in [-0.4, -0.2) is 5.16 Å². The Hall–Kier alpha value is -1.98. The van der Waals surface area contributed by atoms with Crippen LogP contribution in [0.2, 0.25) is 0 Å². The maximum Gasteiger partial charge on any atom is 0.416 e. The summed E-state index contributed by atoms with van der Waals surface area (Å²) in [5.74, 6) is 1.02. The third-order valence-electron chi connectivity index (χ3n) is 2.41. The minimum Gasteiger partial charge on any atom is -0.363 e. The molecule has 2 rings (SSSR count). The summed E-state index contributed by atoms with van der Waals surface area (Å²) in [5.41, 5.74) is -0.469. The van der Waals surface area contributed by atoms with Crippen LogP contribution in [0, 0.1) is 6.92 Å². The highest BCUT2D eigenvalue weighted by Crippen LogP contribution is 2.32. The van der Waals surface area contributed by atoms with E-state index in [1.807, 2.05) is 0 Å². The molecule has 1 aromatic heterocycles. The van der Waals surface area contributed by atoms with E-state index in [9.17, 15) is 13.2 Å². The molecule has 96 valence electrons. The van der Waals surface area contributed by atoms with Crippen LogP contribution in [0.1, 0.15) is 16.9 Å². The van der Waals surface area contributed by atoms with Crippen molar-refractivity contribution in [3.63, 3.8) is 0 Å². The Morgan fingerprint density at radius 2 is 2.00 bits per heavy atom. The summed E-state index contributed by atoms with van der Waals surface area (Å²) in [6.07, 6.45) is -4.35. The number of hydrogen-bond acceptors (Lipinski definition) is 3. The highest BCUT2D eigenvalue weighted by atomic mass is 19.4. The number of aromatic nitrogens is 1. The molecule has 0 radical (unpaired) electrons. The molecule has 0 aliphatic rings. The van der Waals surface area contributed by atoms with Crippen LogP contribution >= 0.6 is 0 Å². The Morgan fingerprint density at radius 3 is 2.61 bits per heavy atom. The molecular formula is C12H11F3N2O. The van der Waals surface area contributed by atoms with Crippen LogP contribution in [-0.2, 0) is 12.7 Å². The molecule has 1 heterocycles. The fourth-order valence-electron chi connectivity index (χ4n) is 1.59. The van der Waals surface area contributed by atoms with Gasteiger partial charge in [0.2, 0.25) is 0 Å². The van der Waals surface area contributed by atoms with Crippen molar-refractivity contribution in [2.24, 2.45) is 0 Å². The third kappa shape index (κ3) is 2.82. The first-order valence-electron chi connectivity index (χ1n) is 5.29. The molecule has 0 saturated carbocycles. The first-order chi connectivity index (χ1) is 8.47. The van der Waals surface area contributed by atoms with Crippen molar-refractivity contribution < 1.29 is 17.7 Å². The first kappa shape index (κ1) is 12.5. The van der Waals surface area contributed by atoms with Crippen molar-refractivity contribution in [1.82, 2.24) is 5.16 Å². The van der Waals surface area contributed by atoms with Gasteiger partial charge in [-0.05, 0) is 18.6 Å². The fraction of sp³-hybridized carbons (Fsp3) is 0.250. The van der Waals surface area contributed by atoms with Crippen molar-refractivity contribution in [3.8, 4) is 0 Å². The molecule has 2 aromatic rings. The Labute approximate surface area is 102 Å². The zero-order valence-electron chi connectivity index (χ0n) is 9.58. The molecule has 0 aliphatic carbocycles. The number of benzene rings is 1. The number of halogens is 3. The molecule has 0 aliphatic heterocycles. The van der Waals surface area contributed by atoms with Crippen LogP contribution in [0.15, 0.2) is 34.9 Å². The highest BCUT2D eigenvalue weighted by molar-refractivity contribution is 5.37. The lowest BCUT2D eigenvalue weighted by atomic mass is 10.1. The molecule has 0 fully saturated rings. The minimum absolute atomic E-state index is 0.0433. The Morgan fingerprint density at radius 1 is 1.28 bits per heavy atom. The molecule has 0 saturated heterocycles. The van der Waals surface area contributed by atoms with Crippen molar-refractivity contribution in [1.29, 1.82) is 0 Å². The first-order valence-corrected chi connectivity index (χ1v) is 5.29. The van der Waals surface area contributed by atoms with Crippen LogP contribution in [0.4, 0.5) is 19.0 Å². The van der Waals surface area contributed by atoms with E-state index >= 15 is 0 Å². The van der Waals surface area contributed by atoms with Gasteiger partial charge in [0, 0.05) is 12.6 Å². The SMILES string of the molecule is Cc1cc(NCc2ccccc2C(F)(F)F)no1. The molecular weight excluding hydrogens is 245 g/mol. The molecule has 18 heavy (non-hydrogen) atoms. The molecule has 0 spiro atoms. The van der Waals surface area contributed by atoms with Crippen molar-refractivity contribution >= 4 is 5.82 Å². The smallest absolute Gasteiger partial charge is 0.363 e. The Balaban J connectivity index is 2.14. The molecule has 0 unspecified atom stereocenters. The van der Waals surface area contributed by atoms with E-state index in [2.05, 4.69) is 10.5 Å². The van der Waals surface area contributed by atoms with Crippen LogP contribution in [0.25, 0.3) is 0 Å². The van der Waals surface area contributed by atoms with Crippen LogP contribution < -0.4 is 5.32 Å². The lowest BCUT2D eigenvalue weighted by molar-refractivity contribution is -0.138. The van der Waals surface area contributed by atoms with E-state index in [4.69, 9.17) is 4.52 Å². The van der Waals surface area contributed by atoms with Gasteiger partial charge >= 0.3 is 6.18 Å². The second-order valence-corrected chi connectivity index (χ2v) is 3.83. The molecule has 0 amide bonds. The van der Waals surface area contributed by atoms with Gasteiger partial charge in [-0.1, -0.05) is 23.4 Å². The second kappa shape index (κ2) is 4.72. The Kier molecular flexibility index (Phi) is 3.27. The van der Waals surface area contributed by atoms with E-state index < -0.39 is 11.7 Å². The molecule has 0 atom stereocenters. The number of nitrogens with one attached hydrogen (secondary N) is 1. The minimum atomic E-state index is -4.35. The van der Waals surface area contributed by atoms with Gasteiger partial charge in [0.25, 0.3) is 0 Å². The normalized spacial score (nSPS) is 11.6. The van der Waals surface area contributed by atoms with Crippen LogP contribution in [0.5, 0.6) is 0 Å². The fourth-order valence-corrected chi connectivity index (χ4v) is 1.59. The lowest BCUT2D eigenvalue weighted by Gasteiger charge is -2.12. The van der Waals surface area contributed by atoms with Gasteiger partial charge in [0.15, 0.2) is 5.82 Å². The average molecular weight is 256 g/mol. The third-order valence-corrected chi connectivity index (χ3v) is 2.41. The van der Waals surface area contributed by atoms with Gasteiger partial charge in [0.1, 0.15) is 5.76 Å². The van der Waals surface area contributed by atoms with E-state index in [1.54, 1.807) is 19.1 Å². The van der Waals surface area contributed by atoms with Crippen molar-refractivity contribution in [3.05, 3.63) is 47.2 Å². The summed E-state index contributed by atoms with van der Waals surface area (Å²) in [6.45, 7) is 1.75. The van der Waals surface area contributed by atoms with E-state index in [0.29, 0.717) is 11.6 Å². The zero-order chi connectivity index (χ0) is 13.2. The number of alkyl halides is 3. The zero-order valence-corrected chi connectivity index (χ0v) is 9.58. The van der Waals surface area contributed by atoms with Crippen LogP contribution in [0.3, 0.4) is 0 Å². The van der Waals surface area contributed by atoms with Gasteiger partial charge < -0.3 is 9.84 Å². The molecule has 6 heteroatoms. The molecule has 1 N–H and O–H groups in total. The van der Waals surface area contributed by atoms with E-state index in [-0.39, 0.29) is 12.1 Å². The number of hydrogen-bond donors (Lipinski definition) is 1. The van der Waals surface area contributed by atoms with Gasteiger partial charge in [-0.15, -0.1) is 0 Å². The summed E-state index contributed by atoms with van der Waals surface area (Å²) >= 11 is 0. The number of aryl methyl sites for hydroxylation is 1. The average Bonchev–Trinajstić information content (AvgIpc) is 2.72. The maximum atomic E-state index is 12.7. The predicted molar refractivity (Wildman–Crippen MR) is 60.0 cm³/mol. The second-order valence-electron chi connectivity index (χ2n) is 3.83. The summed E-state index contributed by atoms with van der Waals surface area (Å²) in [4.78, 5) is 0. The van der Waals surface area contributed by atoms with Crippen molar-refractivity contribution in [2.75, 3.05) is 5.32 Å². The summed E-state index contributed by atoms with van der Waals surface area (Å²) in [5, 5.41) is 6.44. The maximum absolute atomic E-state index is 12.7. The standard InChI is InChI=1S/C12H11F3N2O/c1-8-6-11(17-18-8)16-7-9-4-2-3-5-10(9)12(13,14)15/h2-6H,7H2,1H3,(H,16,17). The Bertz CT molecular complexity index is 534.